The van der Waals surface area contributed by atoms with Crippen molar-refractivity contribution in [2.24, 2.45) is 0 Å². The van der Waals surface area contributed by atoms with Crippen molar-refractivity contribution in [1.29, 1.82) is 0 Å². The molecule has 1 spiro atoms. The van der Waals surface area contributed by atoms with E-state index in [9.17, 15) is 14.3 Å². The Bertz CT molecular complexity index is 587. The molecule has 23 heavy (non-hydrogen) atoms. The van der Waals surface area contributed by atoms with E-state index in [2.05, 4.69) is 5.32 Å². The number of aliphatic hydroxyl groups is 1. The molecule has 3 rings (SSSR count). The number of nitrogens with zero attached hydrogens (tertiary/aromatic N) is 1. The highest BCUT2D eigenvalue weighted by molar-refractivity contribution is 5.92. The Morgan fingerprint density at radius 3 is 3.13 bits per heavy atom. The van der Waals surface area contributed by atoms with E-state index in [-0.39, 0.29) is 18.3 Å². The Balaban J connectivity index is 1.60. The minimum atomic E-state index is -0.521. The first-order valence-corrected chi connectivity index (χ1v) is 8.09. The average Bonchev–Trinajstić information content (AvgIpc) is 2.96. The lowest BCUT2D eigenvalue weighted by molar-refractivity contribution is -0.137. The number of ether oxygens (including phenoxy) is 1. The van der Waals surface area contributed by atoms with E-state index in [1.807, 2.05) is 11.8 Å². The summed E-state index contributed by atoms with van der Waals surface area (Å²) in [5.41, 5.74) is 0.802. The van der Waals surface area contributed by atoms with Gasteiger partial charge in [-0.2, -0.15) is 0 Å². The van der Waals surface area contributed by atoms with Crippen LogP contribution in [0.4, 0.5) is 10.1 Å². The number of carbonyl (C=O) groups excluding carboxylic acids is 1. The Morgan fingerprint density at radius 2 is 2.39 bits per heavy atom. The van der Waals surface area contributed by atoms with E-state index >= 15 is 0 Å². The van der Waals surface area contributed by atoms with Crippen LogP contribution in [-0.2, 0) is 9.53 Å². The maximum atomic E-state index is 13.3. The summed E-state index contributed by atoms with van der Waals surface area (Å²) in [6.45, 7) is 3.92. The molecule has 126 valence electrons. The Hall–Kier alpha value is -1.50. The number of hydrogen-bond donors (Lipinski definition) is 2. The van der Waals surface area contributed by atoms with Gasteiger partial charge in [0.05, 0.1) is 12.6 Å². The van der Waals surface area contributed by atoms with Crippen LogP contribution in [0.15, 0.2) is 18.2 Å². The van der Waals surface area contributed by atoms with Gasteiger partial charge in [-0.15, -0.1) is 0 Å². The Labute approximate surface area is 135 Å². The van der Waals surface area contributed by atoms with E-state index in [1.165, 1.54) is 12.1 Å². The van der Waals surface area contributed by atoms with Crippen molar-refractivity contribution in [3.63, 3.8) is 0 Å². The fraction of sp³-hybridized carbons (Fsp3) is 0.588. The van der Waals surface area contributed by atoms with Crippen LogP contribution in [0.2, 0.25) is 0 Å². The van der Waals surface area contributed by atoms with Crippen molar-refractivity contribution < 1.29 is 19.0 Å². The first kappa shape index (κ1) is 16.4. The number of carbonyl (C=O) groups is 1. The summed E-state index contributed by atoms with van der Waals surface area (Å²) in [6.07, 6.45) is 1.91. The van der Waals surface area contributed by atoms with Gasteiger partial charge in [-0.25, -0.2) is 4.39 Å². The molecule has 6 heteroatoms. The highest BCUT2D eigenvalue weighted by Gasteiger charge is 2.46. The second kappa shape index (κ2) is 6.55. The van der Waals surface area contributed by atoms with E-state index in [0.29, 0.717) is 31.8 Å². The van der Waals surface area contributed by atoms with Crippen molar-refractivity contribution in [3.8, 4) is 0 Å². The summed E-state index contributed by atoms with van der Waals surface area (Å²) in [6, 6.07) is 4.34. The Kier molecular flexibility index (Phi) is 4.66. The molecule has 5 nitrogen and oxygen atoms in total. The first-order valence-electron chi connectivity index (χ1n) is 8.09. The van der Waals surface area contributed by atoms with Crippen LogP contribution < -0.4 is 5.32 Å². The fourth-order valence-corrected chi connectivity index (χ4v) is 3.49. The number of aliphatic hydroxyl groups excluding tert-OH is 1. The number of piperidine rings is 1. The molecule has 2 aliphatic rings. The second-order valence-electron chi connectivity index (χ2n) is 6.54. The molecule has 2 atom stereocenters. The van der Waals surface area contributed by atoms with Gasteiger partial charge >= 0.3 is 0 Å². The molecular formula is C17H23FN2O3. The number of anilines is 1. The standard InChI is InChI=1S/C17H23FN2O3/c1-12-3-4-13(18)9-14(12)19-16(22)10-20-7-5-15(21)17(11-20)6-2-8-23-17/h3-4,9,15,21H,2,5-8,10-11H2,1H3,(H,19,22)/t15-,17-/m0/s1. The molecule has 2 N–H and O–H groups in total. The second-order valence-corrected chi connectivity index (χ2v) is 6.54. The third kappa shape index (κ3) is 3.54. The third-order valence-corrected chi connectivity index (χ3v) is 4.79. The predicted molar refractivity (Wildman–Crippen MR) is 84.7 cm³/mol. The zero-order valence-corrected chi connectivity index (χ0v) is 13.3. The van der Waals surface area contributed by atoms with Crippen LogP contribution >= 0.6 is 0 Å². The van der Waals surface area contributed by atoms with Crippen LogP contribution in [0, 0.1) is 12.7 Å². The van der Waals surface area contributed by atoms with Gasteiger partial charge in [-0.1, -0.05) is 6.07 Å². The van der Waals surface area contributed by atoms with Gasteiger partial charge < -0.3 is 15.2 Å². The third-order valence-electron chi connectivity index (χ3n) is 4.79. The van der Waals surface area contributed by atoms with E-state index in [1.54, 1.807) is 6.07 Å². The topological polar surface area (TPSA) is 61.8 Å². The number of aryl methyl sites for hydroxylation is 1. The molecule has 2 aliphatic heterocycles. The van der Waals surface area contributed by atoms with Crippen LogP contribution in [0.5, 0.6) is 0 Å². The van der Waals surface area contributed by atoms with Gasteiger partial charge in [-0.3, -0.25) is 9.69 Å². The summed E-state index contributed by atoms with van der Waals surface area (Å²) >= 11 is 0. The van der Waals surface area contributed by atoms with E-state index in [0.717, 1.165) is 18.4 Å². The van der Waals surface area contributed by atoms with Crippen LogP contribution in [0.3, 0.4) is 0 Å². The average molecular weight is 322 g/mol. The monoisotopic (exact) mass is 322 g/mol. The zero-order chi connectivity index (χ0) is 16.4. The van der Waals surface area contributed by atoms with Crippen molar-refractivity contribution in [3.05, 3.63) is 29.6 Å². The maximum Gasteiger partial charge on any atom is 0.238 e. The lowest BCUT2D eigenvalue weighted by Crippen LogP contribution is -2.57. The molecule has 0 saturated carbocycles. The zero-order valence-electron chi connectivity index (χ0n) is 13.3. The molecule has 0 aliphatic carbocycles. The summed E-state index contributed by atoms with van der Waals surface area (Å²) in [5.74, 6) is -0.548. The quantitative estimate of drug-likeness (QED) is 0.889. The molecule has 1 aromatic rings. The molecule has 0 radical (unpaired) electrons. The van der Waals surface area contributed by atoms with Gasteiger partial charge in [0, 0.05) is 25.4 Å². The van der Waals surface area contributed by atoms with Gasteiger partial charge in [-0.05, 0) is 43.9 Å². The molecular weight excluding hydrogens is 299 g/mol. The summed E-state index contributed by atoms with van der Waals surface area (Å²) < 4.78 is 19.1. The van der Waals surface area contributed by atoms with Crippen molar-refractivity contribution in [2.75, 3.05) is 31.6 Å². The van der Waals surface area contributed by atoms with E-state index < -0.39 is 11.7 Å². The Morgan fingerprint density at radius 1 is 1.57 bits per heavy atom. The lowest BCUT2D eigenvalue weighted by Gasteiger charge is -2.42. The van der Waals surface area contributed by atoms with E-state index in [4.69, 9.17) is 4.74 Å². The molecule has 1 aromatic carbocycles. The number of benzene rings is 1. The smallest absolute Gasteiger partial charge is 0.238 e. The van der Waals surface area contributed by atoms with Gasteiger partial charge in [0.15, 0.2) is 0 Å². The molecule has 2 saturated heterocycles. The highest BCUT2D eigenvalue weighted by atomic mass is 19.1. The minimum absolute atomic E-state index is 0.178. The minimum Gasteiger partial charge on any atom is -0.390 e. The molecule has 2 heterocycles. The fourth-order valence-electron chi connectivity index (χ4n) is 3.49. The predicted octanol–water partition coefficient (Wildman–Crippen LogP) is 1.69. The lowest BCUT2D eigenvalue weighted by atomic mass is 9.87. The summed E-state index contributed by atoms with van der Waals surface area (Å²) in [5, 5.41) is 13.0. The maximum absolute atomic E-state index is 13.3. The van der Waals surface area contributed by atoms with Gasteiger partial charge in [0.2, 0.25) is 5.91 Å². The first-order chi connectivity index (χ1) is 11.0. The molecule has 1 amide bonds. The van der Waals surface area contributed by atoms with Gasteiger partial charge in [0.25, 0.3) is 0 Å². The summed E-state index contributed by atoms with van der Waals surface area (Å²) in [7, 11) is 0. The molecule has 0 bridgehead atoms. The largest absolute Gasteiger partial charge is 0.390 e. The van der Waals surface area contributed by atoms with Crippen molar-refractivity contribution in [2.45, 2.75) is 37.9 Å². The number of likely N-dealkylation sites (tertiary alicyclic amines) is 1. The number of rotatable bonds is 3. The number of halogens is 1. The van der Waals surface area contributed by atoms with Crippen molar-refractivity contribution in [1.82, 2.24) is 4.90 Å². The van der Waals surface area contributed by atoms with Gasteiger partial charge in [0.1, 0.15) is 11.4 Å². The number of hydrogen-bond acceptors (Lipinski definition) is 4. The molecule has 0 unspecified atom stereocenters. The van der Waals surface area contributed by atoms with Crippen molar-refractivity contribution >= 4 is 11.6 Å². The van der Waals surface area contributed by atoms with Crippen LogP contribution in [0.25, 0.3) is 0 Å². The molecule has 2 fully saturated rings. The SMILES string of the molecule is Cc1ccc(F)cc1NC(=O)CN1CC[C@H](O)[C@]2(CCCO2)C1. The van der Waals surface area contributed by atoms with Crippen LogP contribution in [-0.4, -0.2) is 53.9 Å². The molecule has 0 aromatic heterocycles. The normalized spacial score (nSPS) is 28.2. The summed E-state index contributed by atoms with van der Waals surface area (Å²) in [4.78, 5) is 14.3. The highest BCUT2D eigenvalue weighted by Crippen LogP contribution is 2.34. The number of nitrogens with one attached hydrogen (secondary N) is 1. The number of amides is 1. The van der Waals surface area contributed by atoms with Crippen LogP contribution in [0.1, 0.15) is 24.8 Å².